The summed E-state index contributed by atoms with van der Waals surface area (Å²) < 4.78 is 18.4. The molecule has 2 aromatic heterocycles. The fraction of sp³-hybridized carbons (Fsp3) is 0.393. The largest absolute Gasteiger partial charge is 0.490 e. The third kappa shape index (κ3) is 12.0. The van der Waals surface area contributed by atoms with Crippen LogP contribution in [0.5, 0.6) is 11.5 Å². The van der Waals surface area contributed by atoms with E-state index in [4.69, 9.17) is 14.2 Å². The van der Waals surface area contributed by atoms with Crippen molar-refractivity contribution >= 4 is 40.4 Å². The van der Waals surface area contributed by atoms with Crippen molar-refractivity contribution < 1.29 is 33.7 Å². The number of hydrogen-bond acceptors (Lipinski definition) is 12. The standard InChI is InChI=1S/C61H71N7O8S/c1-9-66(47-20-22-74-23-21-47)53-28-46(27-51(39(53)6)58(70)63-32-52-37(4)26-38(5)65-59(52)71)42-16-18-49(19-17-42)75-24-25-76-55-29-43(57-40(7)64-35-77-57)14-15-44(55)31-62-60(72)54-30-48(69)34-68(54)61(73)56(36(2)3)67-33-45-12-10-11-13-50(45)41(67)8/h10-19,26-29,35-36,47-48,54,56,69H,8-9,20-25,30-34H2,1-7H3,(H,62,72)(H,63,70)(H,65,71)/t48-,54?,56+/m1/s1. The summed E-state index contributed by atoms with van der Waals surface area (Å²) in [4.78, 5) is 69.8. The molecule has 4 N–H and O–H groups in total. The van der Waals surface area contributed by atoms with Crippen LogP contribution >= 0.6 is 11.3 Å². The van der Waals surface area contributed by atoms with Gasteiger partial charge in [-0.2, -0.15) is 0 Å². The van der Waals surface area contributed by atoms with Crippen molar-refractivity contribution in [1.82, 2.24) is 30.4 Å². The van der Waals surface area contributed by atoms with Crippen LogP contribution in [0.2, 0.25) is 0 Å². The maximum Gasteiger partial charge on any atom is 0.253 e. The Morgan fingerprint density at radius 2 is 1.66 bits per heavy atom. The number of carbonyl (C=O) groups is 3. The van der Waals surface area contributed by atoms with Gasteiger partial charge in [0.15, 0.2) is 0 Å². The topological polar surface area (TPSA) is 179 Å². The number of aryl methyl sites for hydroxylation is 3. The molecule has 0 saturated carbocycles. The van der Waals surface area contributed by atoms with Crippen LogP contribution < -0.4 is 30.6 Å². The second-order valence-electron chi connectivity index (χ2n) is 20.8. The van der Waals surface area contributed by atoms with Gasteiger partial charge in [-0.05, 0) is 123 Å². The van der Waals surface area contributed by atoms with E-state index in [9.17, 15) is 24.3 Å². The molecular formula is C61H71N7O8S. The van der Waals surface area contributed by atoms with Gasteiger partial charge in [0.2, 0.25) is 11.8 Å². The van der Waals surface area contributed by atoms with Crippen LogP contribution in [-0.2, 0) is 34.0 Å². The van der Waals surface area contributed by atoms with Gasteiger partial charge in [-0.1, -0.05) is 69.0 Å². The molecule has 3 aliphatic rings. The molecule has 0 radical (unpaired) electrons. The number of likely N-dealkylation sites (tertiary alicyclic amines) is 1. The molecule has 5 heterocycles. The van der Waals surface area contributed by atoms with Crippen LogP contribution in [0.15, 0.2) is 102 Å². The Bertz CT molecular complexity index is 3200. The Balaban J connectivity index is 0.880. The number of nitrogens with one attached hydrogen (secondary N) is 3. The highest BCUT2D eigenvalue weighted by Crippen LogP contribution is 2.38. The zero-order valence-electron chi connectivity index (χ0n) is 45.2. The smallest absolute Gasteiger partial charge is 0.253 e. The summed E-state index contributed by atoms with van der Waals surface area (Å²) in [6.45, 7) is 21.5. The fourth-order valence-electron chi connectivity index (χ4n) is 11.2. The number of ether oxygens (including phenoxy) is 3. The van der Waals surface area contributed by atoms with E-state index in [2.05, 4.69) is 45.1 Å². The number of carbonyl (C=O) groups excluding carboxylic acids is 3. The van der Waals surface area contributed by atoms with Gasteiger partial charge in [-0.3, -0.25) is 19.2 Å². The molecule has 0 bridgehead atoms. The maximum absolute atomic E-state index is 14.5. The third-order valence-corrected chi connectivity index (χ3v) is 16.2. The number of β-amino-alcohol motifs (C(OH)–C–C–N with tert-alkyl or cyclic N) is 1. The quantitative estimate of drug-likeness (QED) is 0.0570. The Morgan fingerprint density at radius 3 is 2.36 bits per heavy atom. The number of fused-ring (bicyclic) bond motifs is 1. The average molecular weight is 1060 g/mol. The number of rotatable bonds is 19. The molecule has 16 heteroatoms. The Labute approximate surface area is 455 Å². The predicted molar refractivity (Wildman–Crippen MR) is 302 cm³/mol. The van der Waals surface area contributed by atoms with Crippen LogP contribution in [0.1, 0.15) is 95.2 Å². The van der Waals surface area contributed by atoms with Gasteiger partial charge in [0.05, 0.1) is 22.2 Å². The number of aliphatic hydroxyl groups is 1. The number of thiazole rings is 1. The summed E-state index contributed by atoms with van der Waals surface area (Å²) in [6, 6.07) is 26.5. The molecule has 15 nitrogen and oxygen atoms in total. The molecule has 0 spiro atoms. The molecular weight excluding hydrogens is 991 g/mol. The number of amides is 3. The van der Waals surface area contributed by atoms with Crippen molar-refractivity contribution in [3.63, 3.8) is 0 Å². The van der Waals surface area contributed by atoms with Gasteiger partial charge in [0, 0.05) is 97.7 Å². The number of benzene rings is 4. The van der Waals surface area contributed by atoms with Gasteiger partial charge in [0.25, 0.3) is 11.5 Å². The van der Waals surface area contributed by atoms with E-state index in [1.807, 2.05) is 131 Å². The van der Waals surface area contributed by atoms with Crippen LogP contribution in [0, 0.1) is 33.6 Å². The van der Waals surface area contributed by atoms with Crippen molar-refractivity contribution in [2.75, 3.05) is 44.4 Å². The molecule has 2 fully saturated rings. The second kappa shape index (κ2) is 24.0. The van der Waals surface area contributed by atoms with Gasteiger partial charge in [-0.25, -0.2) is 4.98 Å². The van der Waals surface area contributed by atoms with Gasteiger partial charge in [-0.15, -0.1) is 11.3 Å². The number of aromatic amines is 1. The average Bonchev–Trinajstić information content (AvgIpc) is 4.13. The van der Waals surface area contributed by atoms with E-state index in [1.165, 1.54) is 11.3 Å². The van der Waals surface area contributed by atoms with Crippen molar-refractivity contribution in [1.29, 1.82) is 0 Å². The first-order valence-corrected chi connectivity index (χ1v) is 27.6. The van der Waals surface area contributed by atoms with Crippen LogP contribution in [-0.4, -0.2) is 106 Å². The molecule has 6 aromatic rings. The third-order valence-electron chi connectivity index (χ3n) is 15.3. The summed E-state index contributed by atoms with van der Waals surface area (Å²) in [7, 11) is 0. The van der Waals surface area contributed by atoms with E-state index >= 15 is 0 Å². The molecule has 0 aliphatic carbocycles. The number of pyridine rings is 1. The van der Waals surface area contributed by atoms with Crippen molar-refractivity contribution in [3.8, 4) is 33.1 Å². The number of anilines is 1. The van der Waals surface area contributed by atoms with E-state index in [0.29, 0.717) is 42.4 Å². The molecule has 404 valence electrons. The van der Waals surface area contributed by atoms with E-state index in [1.54, 1.807) is 4.90 Å². The van der Waals surface area contributed by atoms with E-state index in [0.717, 1.165) is 91.5 Å². The second-order valence-corrected chi connectivity index (χ2v) is 21.6. The predicted octanol–water partition coefficient (Wildman–Crippen LogP) is 8.88. The fourth-order valence-corrected chi connectivity index (χ4v) is 12.0. The number of H-pyrrole nitrogens is 1. The first kappa shape index (κ1) is 54.5. The normalized spacial score (nSPS) is 16.9. The molecule has 4 aromatic carbocycles. The van der Waals surface area contributed by atoms with E-state index in [-0.39, 0.29) is 74.5 Å². The summed E-state index contributed by atoms with van der Waals surface area (Å²) in [5, 5.41) is 17.0. The Kier molecular flexibility index (Phi) is 17.0. The molecule has 2 saturated heterocycles. The molecule has 9 rings (SSSR count). The monoisotopic (exact) mass is 1060 g/mol. The minimum absolute atomic E-state index is 0.0641. The first-order valence-electron chi connectivity index (χ1n) is 26.8. The van der Waals surface area contributed by atoms with Crippen LogP contribution in [0.25, 0.3) is 27.3 Å². The highest BCUT2D eigenvalue weighted by atomic mass is 32.1. The van der Waals surface area contributed by atoms with Crippen molar-refractivity contribution in [2.45, 2.75) is 112 Å². The molecule has 3 amide bonds. The lowest BCUT2D eigenvalue weighted by Crippen LogP contribution is -2.54. The number of hydrogen-bond donors (Lipinski definition) is 4. The maximum atomic E-state index is 14.5. The molecule has 3 aliphatic heterocycles. The lowest BCUT2D eigenvalue weighted by molar-refractivity contribution is -0.143. The minimum atomic E-state index is -0.857. The van der Waals surface area contributed by atoms with Gasteiger partial charge in [0.1, 0.15) is 36.8 Å². The summed E-state index contributed by atoms with van der Waals surface area (Å²) in [6.07, 6.45) is 1.07. The van der Waals surface area contributed by atoms with Gasteiger partial charge < -0.3 is 49.6 Å². The zero-order chi connectivity index (χ0) is 54.5. The zero-order valence-corrected chi connectivity index (χ0v) is 46.1. The van der Waals surface area contributed by atoms with Crippen LogP contribution in [0.4, 0.5) is 5.69 Å². The summed E-state index contributed by atoms with van der Waals surface area (Å²) in [5.74, 6) is 0.299. The molecule has 77 heavy (non-hydrogen) atoms. The van der Waals surface area contributed by atoms with Crippen molar-refractivity contribution in [2.24, 2.45) is 5.92 Å². The highest BCUT2D eigenvalue weighted by molar-refractivity contribution is 7.13. The molecule has 3 atom stereocenters. The lowest BCUT2D eigenvalue weighted by Gasteiger charge is -2.37. The highest BCUT2D eigenvalue weighted by Gasteiger charge is 2.45. The van der Waals surface area contributed by atoms with Gasteiger partial charge >= 0.3 is 0 Å². The van der Waals surface area contributed by atoms with E-state index < -0.39 is 18.2 Å². The van der Waals surface area contributed by atoms with Crippen LogP contribution in [0.3, 0.4) is 0 Å². The Hall–Kier alpha value is -7.27. The summed E-state index contributed by atoms with van der Waals surface area (Å²) >= 11 is 1.54. The molecule has 1 unspecified atom stereocenters. The number of aliphatic hydroxyl groups excluding tert-OH is 1. The van der Waals surface area contributed by atoms with Crippen molar-refractivity contribution in [3.05, 3.63) is 158 Å². The number of aromatic nitrogens is 2. The first-order chi connectivity index (χ1) is 37.1. The summed E-state index contributed by atoms with van der Waals surface area (Å²) in [5.41, 5.74) is 13.3. The minimum Gasteiger partial charge on any atom is -0.490 e. The SMILES string of the molecule is C=C1c2ccccc2CN1[C@H](C(=O)N1C[C@H](O)CC1C(=O)NCc1ccc(-c2scnc2C)cc1OCCOc1ccc(-c2cc(C(=O)NCc3c(C)cc(C)[nH]c3=O)c(C)c(N(CC)C3CCOCC3)c2)cc1)C(C)C. The lowest BCUT2D eigenvalue weighted by atomic mass is 9.95. The number of nitrogens with zero attached hydrogens (tertiary/aromatic N) is 4. The Morgan fingerprint density at radius 1 is 0.922 bits per heavy atom.